The first kappa shape index (κ1) is 14.5. The second-order valence-electron chi connectivity index (χ2n) is 6.28. The van der Waals surface area contributed by atoms with Gasteiger partial charge in [0.15, 0.2) is 0 Å². The summed E-state index contributed by atoms with van der Waals surface area (Å²) in [6, 6.07) is 8.48. The lowest BCUT2D eigenvalue weighted by Crippen LogP contribution is -2.47. The van der Waals surface area contributed by atoms with Crippen molar-refractivity contribution in [2.45, 2.75) is 58.2 Å². The molecule has 1 aromatic rings. The summed E-state index contributed by atoms with van der Waals surface area (Å²) in [5.74, 6) is 0. The molecule has 0 saturated heterocycles. The molecule has 0 amide bonds. The molecule has 0 fully saturated rings. The molecule has 2 rings (SSSR count). The van der Waals surface area contributed by atoms with Crippen LogP contribution in [-0.2, 0) is 15.9 Å². The van der Waals surface area contributed by atoms with Gasteiger partial charge in [-0.25, -0.2) is 0 Å². The van der Waals surface area contributed by atoms with E-state index < -0.39 is 0 Å². The van der Waals surface area contributed by atoms with Crippen LogP contribution >= 0.6 is 0 Å². The van der Waals surface area contributed by atoms with E-state index in [9.17, 15) is 5.11 Å². The molecular formula is C16H25NO2. The largest absolute Gasteiger partial charge is 0.394 e. The van der Waals surface area contributed by atoms with Crippen molar-refractivity contribution >= 4 is 0 Å². The maximum atomic E-state index is 9.39. The maximum absolute atomic E-state index is 9.39. The average Bonchev–Trinajstić information content (AvgIpc) is 2.53. The molecule has 0 aromatic heterocycles. The fourth-order valence-electron chi connectivity index (χ4n) is 3.12. The van der Waals surface area contributed by atoms with Crippen LogP contribution in [0.1, 0.15) is 52.2 Å². The maximum Gasteiger partial charge on any atom is 0.102 e. The van der Waals surface area contributed by atoms with Crippen LogP contribution in [-0.4, -0.2) is 22.9 Å². The Hall–Kier alpha value is -0.900. The molecular weight excluding hydrogens is 238 g/mol. The van der Waals surface area contributed by atoms with Gasteiger partial charge in [-0.1, -0.05) is 31.2 Å². The van der Waals surface area contributed by atoms with Crippen molar-refractivity contribution < 1.29 is 9.94 Å². The summed E-state index contributed by atoms with van der Waals surface area (Å²) in [5, 5.41) is 11.4. The van der Waals surface area contributed by atoms with Crippen molar-refractivity contribution in [1.29, 1.82) is 0 Å². The number of rotatable bonds is 4. The molecule has 0 radical (unpaired) electrons. The second kappa shape index (κ2) is 4.89. The molecule has 3 heteroatoms. The van der Waals surface area contributed by atoms with Gasteiger partial charge in [-0.3, -0.25) is 4.84 Å². The standard InChI is InChI=1S/C16H25NO2/c1-6-12(11-18)19-17-15(2,3)13-9-7-8-10-14(13)16(17,4)5/h7-10,12,18H,6,11H2,1-5H3. The molecule has 0 aliphatic carbocycles. The highest BCUT2D eigenvalue weighted by molar-refractivity contribution is 5.42. The zero-order chi connectivity index (χ0) is 14.3. The topological polar surface area (TPSA) is 32.7 Å². The van der Waals surface area contributed by atoms with Crippen LogP contribution in [0.25, 0.3) is 0 Å². The number of hydrogen-bond donors (Lipinski definition) is 1. The number of aliphatic hydroxyl groups is 1. The van der Waals surface area contributed by atoms with E-state index in [2.05, 4.69) is 57.0 Å². The lowest BCUT2D eigenvalue weighted by molar-refractivity contribution is -0.292. The molecule has 1 aromatic carbocycles. The number of hydrogen-bond acceptors (Lipinski definition) is 3. The molecule has 1 aliphatic rings. The SMILES string of the molecule is CCC(CO)ON1C(C)(C)c2ccccc2C1(C)C. The second-order valence-corrected chi connectivity index (χ2v) is 6.28. The van der Waals surface area contributed by atoms with E-state index in [0.717, 1.165) is 6.42 Å². The smallest absolute Gasteiger partial charge is 0.102 e. The van der Waals surface area contributed by atoms with Gasteiger partial charge in [0.25, 0.3) is 0 Å². The zero-order valence-electron chi connectivity index (χ0n) is 12.6. The first-order valence-corrected chi connectivity index (χ1v) is 7.03. The van der Waals surface area contributed by atoms with Crippen LogP contribution in [0.5, 0.6) is 0 Å². The summed E-state index contributed by atoms with van der Waals surface area (Å²) in [6.07, 6.45) is 0.656. The van der Waals surface area contributed by atoms with Crippen molar-refractivity contribution in [3.05, 3.63) is 35.4 Å². The fraction of sp³-hybridized carbons (Fsp3) is 0.625. The third kappa shape index (κ3) is 2.20. The van der Waals surface area contributed by atoms with E-state index in [1.54, 1.807) is 0 Å². The third-order valence-electron chi connectivity index (χ3n) is 4.17. The summed E-state index contributed by atoms with van der Waals surface area (Å²) in [5.41, 5.74) is 2.21. The summed E-state index contributed by atoms with van der Waals surface area (Å²) in [7, 11) is 0. The first-order chi connectivity index (χ1) is 8.85. The average molecular weight is 263 g/mol. The Morgan fingerprint density at radius 3 is 1.95 bits per heavy atom. The van der Waals surface area contributed by atoms with Crippen LogP contribution in [0.4, 0.5) is 0 Å². The van der Waals surface area contributed by atoms with Crippen LogP contribution < -0.4 is 0 Å². The Morgan fingerprint density at radius 2 is 1.58 bits per heavy atom. The van der Waals surface area contributed by atoms with Gasteiger partial charge in [0.2, 0.25) is 0 Å². The number of nitrogens with zero attached hydrogens (tertiary/aromatic N) is 1. The molecule has 0 spiro atoms. The van der Waals surface area contributed by atoms with Gasteiger partial charge >= 0.3 is 0 Å². The Kier molecular flexibility index (Phi) is 3.74. The Balaban J connectivity index is 2.41. The van der Waals surface area contributed by atoms with Crippen LogP contribution in [0.15, 0.2) is 24.3 Å². The highest BCUT2D eigenvalue weighted by atomic mass is 16.7. The van der Waals surface area contributed by atoms with Gasteiger partial charge in [-0.15, -0.1) is 0 Å². The summed E-state index contributed by atoms with van der Waals surface area (Å²) in [6.45, 7) is 10.8. The van der Waals surface area contributed by atoms with Crippen molar-refractivity contribution in [2.24, 2.45) is 0 Å². The third-order valence-corrected chi connectivity index (χ3v) is 4.17. The van der Waals surface area contributed by atoms with Gasteiger partial charge in [0.05, 0.1) is 17.7 Å². The Labute approximate surface area is 116 Å². The normalized spacial score (nSPS) is 22.2. The Morgan fingerprint density at radius 1 is 1.11 bits per heavy atom. The van der Waals surface area contributed by atoms with Gasteiger partial charge in [0.1, 0.15) is 6.10 Å². The quantitative estimate of drug-likeness (QED) is 0.905. The lowest BCUT2D eigenvalue weighted by Gasteiger charge is -2.41. The molecule has 19 heavy (non-hydrogen) atoms. The molecule has 1 heterocycles. The van der Waals surface area contributed by atoms with E-state index in [-0.39, 0.29) is 23.8 Å². The van der Waals surface area contributed by atoms with Gasteiger partial charge in [0, 0.05) is 0 Å². The van der Waals surface area contributed by atoms with Crippen molar-refractivity contribution in [2.75, 3.05) is 6.61 Å². The number of benzene rings is 1. The summed E-state index contributed by atoms with van der Waals surface area (Å²) >= 11 is 0. The minimum Gasteiger partial charge on any atom is -0.394 e. The molecule has 3 nitrogen and oxygen atoms in total. The minimum atomic E-state index is -0.192. The molecule has 1 atom stereocenters. The van der Waals surface area contributed by atoms with Crippen molar-refractivity contribution in [3.8, 4) is 0 Å². The van der Waals surface area contributed by atoms with Gasteiger partial charge in [-0.2, -0.15) is 5.06 Å². The minimum absolute atomic E-state index is 0.0511. The summed E-state index contributed by atoms with van der Waals surface area (Å²) in [4.78, 5) is 6.11. The number of hydroxylamine groups is 2. The molecule has 1 aliphatic heterocycles. The predicted octanol–water partition coefficient (Wildman–Crippen LogP) is 3.17. The molecule has 1 unspecified atom stereocenters. The van der Waals surface area contributed by atoms with Crippen LogP contribution in [0, 0.1) is 0 Å². The first-order valence-electron chi connectivity index (χ1n) is 7.03. The Bertz CT molecular complexity index is 415. The highest BCUT2D eigenvalue weighted by Gasteiger charge is 2.50. The van der Waals surface area contributed by atoms with Gasteiger partial charge < -0.3 is 5.11 Å². The van der Waals surface area contributed by atoms with Crippen LogP contribution in [0.2, 0.25) is 0 Å². The number of fused-ring (bicyclic) bond motifs is 1. The monoisotopic (exact) mass is 263 g/mol. The van der Waals surface area contributed by atoms with E-state index in [1.165, 1.54) is 11.1 Å². The van der Waals surface area contributed by atoms with Crippen LogP contribution in [0.3, 0.4) is 0 Å². The fourth-order valence-corrected chi connectivity index (χ4v) is 3.12. The van der Waals surface area contributed by atoms with Crippen molar-refractivity contribution in [1.82, 2.24) is 5.06 Å². The molecule has 0 saturated carbocycles. The highest BCUT2D eigenvalue weighted by Crippen LogP contribution is 2.49. The summed E-state index contributed by atoms with van der Waals surface area (Å²) < 4.78 is 0. The number of aliphatic hydroxyl groups excluding tert-OH is 1. The van der Waals surface area contributed by atoms with Gasteiger partial charge in [-0.05, 0) is 45.2 Å². The van der Waals surface area contributed by atoms with E-state index in [0.29, 0.717) is 0 Å². The predicted molar refractivity (Wildman–Crippen MR) is 76.6 cm³/mol. The molecule has 0 bridgehead atoms. The van der Waals surface area contributed by atoms with E-state index >= 15 is 0 Å². The molecule has 106 valence electrons. The van der Waals surface area contributed by atoms with E-state index in [4.69, 9.17) is 4.84 Å². The zero-order valence-corrected chi connectivity index (χ0v) is 12.6. The molecule has 1 N–H and O–H groups in total. The lowest BCUT2D eigenvalue weighted by atomic mass is 9.91. The van der Waals surface area contributed by atoms with E-state index in [1.807, 2.05) is 6.92 Å². The van der Waals surface area contributed by atoms with Crippen molar-refractivity contribution in [3.63, 3.8) is 0 Å².